The van der Waals surface area contributed by atoms with Crippen molar-refractivity contribution in [3.05, 3.63) is 0 Å². The van der Waals surface area contributed by atoms with Crippen molar-refractivity contribution in [2.24, 2.45) is 40.7 Å². The maximum atomic E-state index is 6.43. The first-order chi connectivity index (χ1) is 10.1. The summed E-state index contributed by atoms with van der Waals surface area (Å²) in [5.74, 6) is 4.92. The fourth-order valence-corrected chi connectivity index (χ4v) is 7.06. The molecule has 6 atom stereocenters. The van der Waals surface area contributed by atoms with Gasteiger partial charge in [0.1, 0.15) is 0 Å². The van der Waals surface area contributed by atoms with Crippen molar-refractivity contribution in [1.29, 1.82) is 0 Å². The van der Waals surface area contributed by atoms with Crippen molar-refractivity contribution >= 4 is 0 Å². The van der Waals surface area contributed by atoms with E-state index in [9.17, 15) is 0 Å². The third-order valence-corrected chi connectivity index (χ3v) is 7.29. The Hall–Kier alpha value is -0.0400. The molecule has 21 heavy (non-hydrogen) atoms. The topological polar surface area (TPSA) is 26.0 Å². The van der Waals surface area contributed by atoms with E-state index in [4.69, 9.17) is 5.73 Å². The Kier molecular flexibility index (Phi) is 4.69. The number of hydrogen-bond acceptors (Lipinski definition) is 1. The van der Waals surface area contributed by atoms with Gasteiger partial charge in [-0.3, -0.25) is 0 Å². The number of hydrogen-bond donors (Lipinski definition) is 1. The fraction of sp³-hybridized carbons (Fsp3) is 1.00. The van der Waals surface area contributed by atoms with Crippen LogP contribution in [0.2, 0.25) is 0 Å². The van der Waals surface area contributed by atoms with Gasteiger partial charge in [0.15, 0.2) is 0 Å². The smallest absolute Gasteiger partial charge is 0.00418 e. The highest BCUT2D eigenvalue weighted by molar-refractivity contribution is 5.09. The SMILES string of the molecule is CCCC1(CC(C)C)C2CCCCC2C2CCC(N)CC21. The fourth-order valence-electron chi connectivity index (χ4n) is 7.06. The molecule has 0 heterocycles. The highest BCUT2D eigenvalue weighted by Gasteiger charge is 2.59. The number of rotatable bonds is 4. The Morgan fingerprint density at radius 3 is 2.43 bits per heavy atom. The van der Waals surface area contributed by atoms with Crippen molar-refractivity contribution in [3.8, 4) is 0 Å². The average Bonchev–Trinajstić information content (AvgIpc) is 2.70. The average molecular weight is 292 g/mol. The molecule has 6 unspecified atom stereocenters. The van der Waals surface area contributed by atoms with Gasteiger partial charge in [-0.1, -0.05) is 40.0 Å². The van der Waals surface area contributed by atoms with Gasteiger partial charge in [0.25, 0.3) is 0 Å². The van der Waals surface area contributed by atoms with E-state index in [1.54, 1.807) is 0 Å². The molecule has 3 rings (SSSR count). The lowest BCUT2D eigenvalue weighted by Gasteiger charge is -2.46. The van der Waals surface area contributed by atoms with E-state index < -0.39 is 0 Å². The summed E-state index contributed by atoms with van der Waals surface area (Å²) in [5, 5.41) is 0. The van der Waals surface area contributed by atoms with Crippen LogP contribution in [0.15, 0.2) is 0 Å². The molecular weight excluding hydrogens is 254 g/mol. The first kappa shape index (κ1) is 15.8. The van der Waals surface area contributed by atoms with E-state index in [2.05, 4.69) is 20.8 Å². The Morgan fingerprint density at radius 2 is 1.71 bits per heavy atom. The zero-order valence-electron chi connectivity index (χ0n) is 14.6. The maximum Gasteiger partial charge on any atom is 0.00418 e. The molecule has 0 saturated heterocycles. The van der Waals surface area contributed by atoms with Crippen LogP contribution in [0, 0.1) is 35.0 Å². The van der Waals surface area contributed by atoms with Crippen molar-refractivity contribution in [1.82, 2.24) is 0 Å². The first-order valence-corrected chi connectivity index (χ1v) is 9.84. The van der Waals surface area contributed by atoms with Gasteiger partial charge in [-0.15, -0.1) is 0 Å². The van der Waals surface area contributed by atoms with Crippen molar-refractivity contribution in [3.63, 3.8) is 0 Å². The minimum absolute atomic E-state index is 0.495. The molecule has 2 N–H and O–H groups in total. The van der Waals surface area contributed by atoms with Crippen LogP contribution >= 0.6 is 0 Å². The molecule has 0 radical (unpaired) electrons. The Morgan fingerprint density at radius 1 is 1.00 bits per heavy atom. The van der Waals surface area contributed by atoms with Crippen LogP contribution in [-0.4, -0.2) is 6.04 Å². The summed E-state index contributed by atoms with van der Waals surface area (Å²) in [6.07, 6.45) is 14.4. The summed E-state index contributed by atoms with van der Waals surface area (Å²) in [6, 6.07) is 0.495. The third-order valence-electron chi connectivity index (χ3n) is 7.29. The van der Waals surface area contributed by atoms with Crippen molar-refractivity contribution in [2.75, 3.05) is 0 Å². The molecule has 3 saturated carbocycles. The molecule has 1 heteroatoms. The predicted molar refractivity (Wildman–Crippen MR) is 91.1 cm³/mol. The largest absolute Gasteiger partial charge is 0.328 e. The van der Waals surface area contributed by atoms with E-state index in [1.807, 2.05) is 0 Å². The van der Waals surface area contributed by atoms with E-state index in [0.29, 0.717) is 11.5 Å². The highest BCUT2D eigenvalue weighted by Crippen LogP contribution is 2.66. The number of fused-ring (bicyclic) bond motifs is 3. The van der Waals surface area contributed by atoms with Gasteiger partial charge >= 0.3 is 0 Å². The third kappa shape index (κ3) is 2.69. The molecule has 3 fully saturated rings. The van der Waals surface area contributed by atoms with E-state index in [1.165, 1.54) is 64.2 Å². The maximum absolute atomic E-state index is 6.43. The Bertz CT molecular complexity index is 350. The number of nitrogens with two attached hydrogens (primary N) is 1. The second kappa shape index (κ2) is 6.22. The second-order valence-electron chi connectivity index (χ2n) is 8.98. The molecule has 3 aliphatic carbocycles. The Labute approximate surface area is 132 Å². The standard InChI is InChI=1S/C20H37N/c1-4-11-20(13-14(2)3)18-8-6-5-7-16(18)17-10-9-15(21)12-19(17)20/h14-19H,4-13,21H2,1-3H3. The quantitative estimate of drug-likeness (QED) is 0.739. The normalized spacial score (nSPS) is 46.4. The van der Waals surface area contributed by atoms with E-state index in [-0.39, 0.29) is 0 Å². The van der Waals surface area contributed by atoms with Crippen LogP contribution in [0.1, 0.15) is 85.0 Å². The van der Waals surface area contributed by atoms with E-state index >= 15 is 0 Å². The van der Waals surface area contributed by atoms with Gasteiger partial charge in [0.2, 0.25) is 0 Å². The molecule has 1 nitrogen and oxygen atoms in total. The molecule has 0 aliphatic heterocycles. The molecule has 122 valence electrons. The Balaban J connectivity index is 1.95. The van der Waals surface area contributed by atoms with Crippen LogP contribution < -0.4 is 5.73 Å². The molecule has 3 aliphatic rings. The lowest BCUT2D eigenvalue weighted by molar-refractivity contribution is 0.0400. The molecule has 0 bridgehead atoms. The van der Waals surface area contributed by atoms with Crippen LogP contribution in [0.4, 0.5) is 0 Å². The van der Waals surface area contributed by atoms with Crippen LogP contribution in [-0.2, 0) is 0 Å². The van der Waals surface area contributed by atoms with Gasteiger partial charge in [-0.2, -0.15) is 0 Å². The van der Waals surface area contributed by atoms with Gasteiger partial charge in [0, 0.05) is 6.04 Å². The summed E-state index contributed by atoms with van der Waals surface area (Å²) in [6.45, 7) is 7.31. The molecule has 0 spiro atoms. The minimum atomic E-state index is 0.495. The molecule has 0 aromatic rings. The monoisotopic (exact) mass is 291 g/mol. The van der Waals surface area contributed by atoms with Crippen LogP contribution in [0.5, 0.6) is 0 Å². The predicted octanol–water partition coefficient (Wildman–Crippen LogP) is 5.38. The molecular formula is C20H37N. The van der Waals surface area contributed by atoms with Gasteiger partial charge in [-0.25, -0.2) is 0 Å². The zero-order chi connectivity index (χ0) is 15.0. The van der Waals surface area contributed by atoms with E-state index in [0.717, 1.165) is 29.6 Å². The molecule has 0 aromatic heterocycles. The zero-order valence-corrected chi connectivity index (χ0v) is 14.6. The summed E-state index contributed by atoms with van der Waals surface area (Å²) in [7, 11) is 0. The van der Waals surface area contributed by atoms with Gasteiger partial charge < -0.3 is 5.73 Å². The van der Waals surface area contributed by atoms with Crippen molar-refractivity contribution in [2.45, 2.75) is 91.0 Å². The second-order valence-corrected chi connectivity index (χ2v) is 8.98. The van der Waals surface area contributed by atoms with Gasteiger partial charge in [-0.05, 0) is 80.0 Å². The summed E-state index contributed by atoms with van der Waals surface area (Å²) >= 11 is 0. The lowest BCUT2D eigenvalue weighted by Crippen LogP contribution is -2.41. The summed E-state index contributed by atoms with van der Waals surface area (Å²) in [4.78, 5) is 0. The summed E-state index contributed by atoms with van der Waals surface area (Å²) in [5.41, 5.74) is 7.08. The molecule has 0 amide bonds. The van der Waals surface area contributed by atoms with Crippen molar-refractivity contribution < 1.29 is 0 Å². The molecule has 0 aromatic carbocycles. The highest BCUT2D eigenvalue weighted by atomic mass is 14.7. The van der Waals surface area contributed by atoms with Crippen LogP contribution in [0.25, 0.3) is 0 Å². The first-order valence-electron chi connectivity index (χ1n) is 9.84. The lowest BCUT2D eigenvalue weighted by atomic mass is 9.59. The van der Waals surface area contributed by atoms with Crippen LogP contribution in [0.3, 0.4) is 0 Å². The van der Waals surface area contributed by atoms with Gasteiger partial charge in [0.05, 0.1) is 0 Å². The summed E-state index contributed by atoms with van der Waals surface area (Å²) < 4.78 is 0. The minimum Gasteiger partial charge on any atom is -0.328 e.